The van der Waals surface area contributed by atoms with E-state index in [1.807, 2.05) is 26.0 Å². The highest BCUT2D eigenvalue weighted by Crippen LogP contribution is 2.28. The van der Waals surface area contributed by atoms with E-state index in [-0.39, 0.29) is 11.2 Å². The fourth-order valence-corrected chi connectivity index (χ4v) is 3.21. The first-order valence-corrected chi connectivity index (χ1v) is 8.18. The number of hydrogen-bond acceptors (Lipinski definition) is 3. The average molecular weight is 294 g/mol. The molecule has 20 heavy (non-hydrogen) atoms. The van der Waals surface area contributed by atoms with Gasteiger partial charge < -0.3 is 11.1 Å². The van der Waals surface area contributed by atoms with Gasteiger partial charge in [0.1, 0.15) is 0 Å². The zero-order valence-corrected chi connectivity index (χ0v) is 13.3. The van der Waals surface area contributed by atoms with Gasteiger partial charge in [0.15, 0.2) is 0 Å². The zero-order valence-electron chi connectivity index (χ0n) is 12.5. The molecule has 1 fully saturated rings. The van der Waals surface area contributed by atoms with Crippen LogP contribution in [0.3, 0.4) is 0 Å². The van der Waals surface area contributed by atoms with E-state index in [4.69, 9.17) is 5.73 Å². The molecule has 1 unspecified atom stereocenters. The Labute approximate surface area is 126 Å². The molecule has 4 heteroatoms. The minimum Gasteiger partial charge on any atom is -0.381 e. The first-order valence-electron chi connectivity index (χ1n) is 7.30. The van der Waals surface area contributed by atoms with E-state index in [0.717, 1.165) is 10.6 Å². The van der Waals surface area contributed by atoms with Crippen molar-refractivity contribution in [3.8, 4) is 0 Å². The van der Waals surface area contributed by atoms with Crippen molar-refractivity contribution < 1.29 is 4.79 Å². The Morgan fingerprint density at radius 1 is 1.40 bits per heavy atom. The molecule has 1 atom stereocenters. The van der Waals surface area contributed by atoms with Crippen LogP contribution in [0.2, 0.25) is 0 Å². The summed E-state index contributed by atoms with van der Waals surface area (Å²) in [6, 6.07) is 0.523. The molecule has 0 radical (unpaired) electrons. The molecule has 3 N–H and O–H groups in total. The van der Waals surface area contributed by atoms with Gasteiger partial charge in [0, 0.05) is 16.6 Å². The van der Waals surface area contributed by atoms with Crippen molar-refractivity contribution in [2.24, 2.45) is 5.73 Å². The highest BCUT2D eigenvalue weighted by Gasteiger charge is 2.18. The number of hydrogen-bond donors (Lipinski definition) is 2. The molecule has 3 nitrogen and oxygen atoms in total. The summed E-state index contributed by atoms with van der Waals surface area (Å²) < 4.78 is 0. The van der Waals surface area contributed by atoms with Gasteiger partial charge in [-0.3, -0.25) is 4.79 Å². The summed E-state index contributed by atoms with van der Waals surface area (Å²) >= 11 is 1.50. The van der Waals surface area contributed by atoms with Crippen LogP contribution in [0, 0.1) is 0 Å². The third-order valence-corrected chi connectivity index (χ3v) is 4.78. The van der Waals surface area contributed by atoms with Gasteiger partial charge in [-0.25, -0.2) is 0 Å². The number of carbonyl (C=O) groups is 1. The number of primary amides is 1. The Morgan fingerprint density at radius 2 is 2.05 bits per heavy atom. The molecule has 1 amide bonds. The molecule has 0 aliphatic heterocycles. The maximum Gasteiger partial charge on any atom is 0.230 e. The average Bonchev–Trinajstić information content (AvgIpc) is 2.45. The van der Waals surface area contributed by atoms with E-state index in [1.165, 1.54) is 43.9 Å². The van der Waals surface area contributed by atoms with Crippen LogP contribution in [0.4, 0.5) is 0 Å². The summed E-state index contributed by atoms with van der Waals surface area (Å²) in [5.74, 6) is -0.287. The van der Waals surface area contributed by atoms with Gasteiger partial charge in [-0.2, -0.15) is 0 Å². The van der Waals surface area contributed by atoms with Crippen LogP contribution in [0.15, 0.2) is 35.4 Å². The maximum atomic E-state index is 11.2. The SMILES string of the molecule is C=C/C=C(NC1CCCCC1)\C(=C/C)SC(C)C(N)=O. The van der Waals surface area contributed by atoms with Crippen LogP contribution in [0.25, 0.3) is 0 Å². The largest absolute Gasteiger partial charge is 0.381 e. The summed E-state index contributed by atoms with van der Waals surface area (Å²) in [7, 11) is 0. The Bertz CT molecular complexity index is 395. The van der Waals surface area contributed by atoms with Crippen LogP contribution < -0.4 is 11.1 Å². The molecule has 1 aliphatic rings. The van der Waals surface area contributed by atoms with Crippen molar-refractivity contribution in [3.63, 3.8) is 0 Å². The summed E-state index contributed by atoms with van der Waals surface area (Å²) in [6.07, 6.45) is 12.1. The van der Waals surface area contributed by atoms with Gasteiger partial charge in [0.2, 0.25) is 5.91 Å². The topological polar surface area (TPSA) is 55.1 Å². The number of carbonyl (C=O) groups excluding carboxylic acids is 1. The van der Waals surface area contributed by atoms with Crippen LogP contribution >= 0.6 is 11.8 Å². The quantitative estimate of drug-likeness (QED) is 0.707. The number of nitrogens with two attached hydrogens (primary N) is 1. The second-order valence-corrected chi connectivity index (χ2v) is 6.49. The molecule has 0 aromatic heterocycles. The molecule has 0 saturated heterocycles. The van der Waals surface area contributed by atoms with Gasteiger partial charge in [-0.15, -0.1) is 11.8 Å². The molecule has 0 spiro atoms. The highest BCUT2D eigenvalue weighted by molar-refractivity contribution is 8.04. The Kier molecular flexibility index (Phi) is 7.52. The van der Waals surface area contributed by atoms with Crippen molar-refractivity contribution in [1.82, 2.24) is 5.32 Å². The summed E-state index contributed by atoms with van der Waals surface area (Å²) in [5.41, 5.74) is 6.40. The first kappa shape index (κ1) is 16.9. The number of allylic oxidation sites excluding steroid dienone is 3. The number of nitrogens with one attached hydrogen (secondary N) is 1. The van der Waals surface area contributed by atoms with Crippen molar-refractivity contribution in [2.75, 3.05) is 0 Å². The standard InChI is InChI=1S/C16H26N2OS/c1-4-9-14(18-13-10-7-6-8-11-13)15(5-2)20-12(3)16(17)19/h4-5,9,12-13,18H,1,6-8,10-11H2,2-3H3,(H2,17,19)/b14-9+,15-5+. The first-order chi connectivity index (χ1) is 9.58. The molecule has 112 valence electrons. The lowest BCUT2D eigenvalue weighted by Crippen LogP contribution is -2.31. The third kappa shape index (κ3) is 5.45. The molecule has 0 heterocycles. The lowest BCUT2D eigenvalue weighted by Gasteiger charge is -2.26. The van der Waals surface area contributed by atoms with Crippen LogP contribution in [0.5, 0.6) is 0 Å². The zero-order chi connectivity index (χ0) is 15.0. The monoisotopic (exact) mass is 294 g/mol. The minimum atomic E-state index is -0.287. The molecule has 0 aromatic carbocycles. The fourth-order valence-electron chi connectivity index (χ4n) is 2.32. The number of rotatable bonds is 7. The van der Waals surface area contributed by atoms with Crippen molar-refractivity contribution >= 4 is 17.7 Å². The van der Waals surface area contributed by atoms with Gasteiger partial charge in [0.25, 0.3) is 0 Å². The maximum absolute atomic E-state index is 11.2. The molecular formula is C16H26N2OS. The third-order valence-electron chi connectivity index (χ3n) is 3.48. The lowest BCUT2D eigenvalue weighted by atomic mass is 9.95. The number of amides is 1. The van der Waals surface area contributed by atoms with E-state index in [9.17, 15) is 4.79 Å². The van der Waals surface area contributed by atoms with Crippen LogP contribution in [0.1, 0.15) is 46.0 Å². The smallest absolute Gasteiger partial charge is 0.230 e. The lowest BCUT2D eigenvalue weighted by molar-refractivity contribution is -0.117. The molecule has 1 rings (SSSR count). The molecule has 1 aliphatic carbocycles. The molecule has 1 saturated carbocycles. The normalized spacial score (nSPS) is 19.5. The van der Waals surface area contributed by atoms with E-state index < -0.39 is 0 Å². The predicted molar refractivity (Wildman–Crippen MR) is 88.3 cm³/mol. The molecule has 0 aromatic rings. The minimum absolute atomic E-state index is 0.234. The predicted octanol–water partition coefficient (Wildman–Crippen LogP) is 3.49. The Morgan fingerprint density at radius 3 is 2.55 bits per heavy atom. The second kappa shape index (κ2) is 8.90. The van der Waals surface area contributed by atoms with Gasteiger partial charge in [0.05, 0.1) is 5.25 Å². The van der Waals surface area contributed by atoms with E-state index in [0.29, 0.717) is 6.04 Å². The van der Waals surface area contributed by atoms with Gasteiger partial charge in [-0.1, -0.05) is 38.0 Å². The van der Waals surface area contributed by atoms with Crippen molar-refractivity contribution in [1.29, 1.82) is 0 Å². The van der Waals surface area contributed by atoms with E-state index >= 15 is 0 Å². The Balaban J connectivity index is 2.74. The van der Waals surface area contributed by atoms with Gasteiger partial charge >= 0.3 is 0 Å². The Hall–Kier alpha value is -1.16. The fraction of sp³-hybridized carbons (Fsp3) is 0.562. The van der Waals surface area contributed by atoms with Crippen LogP contribution in [-0.2, 0) is 4.79 Å². The highest BCUT2D eigenvalue weighted by atomic mass is 32.2. The summed E-state index contributed by atoms with van der Waals surface area (Å²) in [5, 5.41) is 3.37. The molecule has 0 bridgehead atoms. The van der Waals surface area contributed by atoms with E-state index in [2.05, 4.69) is 11.9 Å². The second-order valence-electron chi connectivity index (χ2n) is 5.11. The van der Waals surface area contributed by atoms with Crippen molar-refractivity contribution in [2.45, 2.75) is 57.2 Å². The van der Waals surface area contributed by atoms with Crippen LogP contribution in [-0.4, -0.2) is 17.2 Å². The summed E-state index contributed by atoms with van der Waals surface area (Å²) in [4.78, 5) is 12.3. The van der Waals surface area contributed by atoms with Gasteiger partial charge in [-0.05, 0) is 32.8 Å². The summed E-state index contributed by atoms with van der Waals surface area (Å²) in [6.45, 7) is 7.60. The van der Waals surface area contributed by atoms with E-state index in [1.54, 1.807) is 6.08 Å². The number of thioether (sulfide) groups is 1. The van der Waals surface area contributed by atoms with Crippen molar-refractivity contribution in [3.05, 3.63) is 35.4 Å². The molecular weight excluding hydrogens is 268 g/mol.